The van der Waals surface area contributed by atoms with Crippen molar-refractivity contribution in [1.82, 2.24) is 18.9 Å². The Kier molecular flexibility index (Phi) is 79.7. The molecule has 5 saturated heterocycles. The van der Waals surface area contributed by atoms with E-state index in [1.807, 2.05) is 61.3 Å². The molecule has 33 nitrogen and oxygen atoms in total. The molecule has 728 valence electrons. The Hall–Kier alpha value is -3.30. The number of quaternary nitrogens is 3. The van der Waals surface area contributed by atoms with Gasteiger partial charge in [-0.25, -0.2) is 23.1 Å². The van der Waals surface area contributed by atoms with Gasteiger partial charge in [0.25, 0.3) is 0 Å². The first-order valence-corrected chi connectivity index (χ1v) is 49.5. The number of rotatable bonds is 47. The number of ether oxygens (including phenoxy) is 13. The lowest BCUT2D eigenvalue weighted by Gasteiger charge is -2.41. The maximum absolute atomic E-state index is 13.7. The van der Waals surface area contributed by atoms with Crippen molar-refractivity contribution < 1.29 is 139 Å². The number of morpholine rings is 4. The number of aliphatic carboxylic acids is 1. The fraction of sp³-hybridized carbons (Fsp3) is 0.784. The average Bonchev–Trinajstić information content (AvgIpc) is 0.949. The second kappa shape index (κ2) is 80.5. The molecule has 3 aromatic rings. The van der Waals surface area contributed by atoms with Crippen LogP contribution in [0, 0.1) is 26.7 Å². The van der Waals surface area contributed by atoms with Crippen molar-refractivity contribution in [3.8, 4) is 0 Å². The second-order valence-corrected chi connectivity index (χ2v) is 35.2. The summed E-state index contributed by atoms with van der Waals surface area (Å²) in [6.45, 7) is 56.2. The second-order valence-electron chi connectivity index (χ2n) is 29.6. The van der Waals surface area contributed by atoms with Crippen LogP contribution in [0.3, 0.4) is 0 Å². The summed E-state index contributed by atoms with van der Waals surface area (Å²) in [7, 11) is -5.79. The van der Waals surface area contributed by atoms with Crippen molar-refractivity contribution in [3.63, 3.8) is 0 Å². The molecule has 124 heavy (non-hydrogen) atoms. The minimum absolute atomic E-state index is 0.0185. The minimum atomic E-state index is -4.31. The van der Waals surface area contributed by atoms with Gasteiger partial charge in [-0.3, -0.25) is 23.0 Å². The zero-order valence-corrected chi connectivity index (χ0v) is 82.0. The Balaban J connectivity index is 0. The number of methoxy groups -OCH3 is 3. The SMILES string of the molecule is CCC.CCC([NH3+])C(=O)[O-].CCC[N+](CC)(CC)CC.CCC[NH3+].CCN1CCOCC1.CC[C@H]1O[C@H](O)[C@H](O)[C@@H]1C.COCCOCCOCCOC.COCCOCCOCCOCCOP(=O)(OCCc1ccc(C)cc1)N1CCOCC1.Cc1ccc(CCOP(=O)(N2CCOCC2)N2CCOCC2)cc1.Cc1ccc(CCOP(=O)(O)O)cc1. The van der Waals surface area contributed by atoms with E-state index in [4.69, 9.17) is 90.0 Å². The fourth-order valence-electron chi connectivity index (χ4n) is 11.6. The van der Waals surface area contributed by atoms with Crippen molar-refractivity contribution in [3.05, 3.63) is 106 Å². The van der Waals surface area contributed by atoms with E-state index in [0.717, 1.165) is 62.4 Å². The van der Waals surface area contributed by atoms with Gasteiger partial charge in [-0.2, -0.15) is 0 Å². The number of hydrogen-bond acceptors (Lipinski definition) is 25. The molecule has 8 rings (SSSR count). The lowest BCUT2D eigenvalue weighted by atomic mass is 9.99. The van der Waals surface area contributed by atoms with Crippen molar-refractivity contribution in [2.24, 2.45) is 5.92 Å². The van der Waals surface area contributed by atoms with Gasteiger partial charge in [-0.15, -0.1) is 0 Å². The number of carbonyl (C=O) groups excluding carboxylic acids is 1. The maximum atomic E-state index is 13.7. The Morgan fingerprint density at radius 2 is 0.798 bits per heavy atom. The number of phosphoric ester groups is 1. The number of carboxylic acids is 1. The zero-order valence-electron chi connectivity index (χ0n) is 79.3. The average molecular weight is 1840 g/mol. The van der Waals surface area contributed by atoms with Crippen molar-refractivity contribution in [2.45, 2.75) is 173 Å². The molecule has 36 heteroatoms. The number of carbonyl (C=O) groups is 1. The van der Waals surface area contributed by atoms with Crippen LogP contribution in [-0.2, 0) is 117 Å². The summed E-state index contributed by atoms with van der Waals surface area (Å²) >= 11 is 0. The highest BCUT2D eigenvalue weighted by molar-refractivity contribution is 7.54. The summed E-state index contributed by atoms with van der Waals surface area (Å²) < 4.78 is 134. The molecule has 0 amide bonds. The van der Waals surface area contributed by atoms with Gasteiger partial charge in [0.15, 0.2) is 6.29 Å². The molecular weight excluding hydrogens is 1660 g/mol. The standard InChI is InChI=1S/C22H38NO8P.C17H27N2O4P.C9H22N.C9H13O4P.C8H18O4.C7H14O3.C6H13NO.C4H9NO2.C3H9N.C3H8/c1-21-3-5-22(6-4-21)7-10-30-32(24,23-8-11-26-12-9-23)31-20-19-29-18-17-28-16-15-27-14-13-25-2;1-16-2-4-17(5-3-16)6-11-23-24(20,18-7-12-21-13-8-18)19-9-14-22-15-10-19;1-5-9-10(6-2,7-3)8-4;1-8-2-4-9(5-3-8)6-7-13-14(10,11)12;1-9-3-5-11-7-8-12-6-4-10-2;1-3-5-4(2)6(8)7(9)10-5;1-2-7-3-5-8-6-4-7;1-2-3(5)4(6)7;1-2-3-4;1-3-2/h3-6H,7-20H2,1-2H3;2-5H,6-15H2,1H3;5-9H2,1-4H3;2-5H,6-7H2,1H3,(H2,10,11,12);3-8H2,1-2H3;4-9H,3H2,1-2H3;2-6H2,1H3;3H,2,5H2,1H3,(H,6,7);2-4H2,1H3;3H2,1-2H3/q;;+1;;;;;;;/p+1/t;;;;;4-,5-,6-,7+;;;;/m.....1..../s1. The van der Waals surface area contributed by atoms with Crippen molar-refractivity contribution in [2.75, 3.05) is 278 Å². The lowest BCUT2D eigenvalue weighted by Crippen LogP contribution is -2.67. The van der Waals surface area contributed by atoms with Gasteiger partial charge < -0.3 is 112 Å². The van der Waals surface area contributed by atoms with Crippen LogP contribution >= 0.6 is 23.2 Å². The number of phosphoric acid groups is 1. The highest BCUT2D eigenvalue weighted by atomic mass is 31.2. The Morgan fingerprint density at radius 1 is 0.484 bits per heavy atom. The third-order valence-electron chi connectivity index (χ3n) is 19.8. The van der Waals surface area contributed by atoms with Gasteiger partial charge in [0.05, 0.1) is 210 Å². The summed E-state index contributed by atoms with van der Waals surface area (Å²) in [5.41, 5.74) is 13.8. The lowest BCUT2D eigenvalue weighted by molar-refractivity contribution is -0.923. The molecule has 10 N–H and O–H groups in total. The smallest absolute Gasteiger partial charge is 0.469 e. The molecule has 0 saturated carbocycles. The van der Waals surface area contributed by atoms with E-state index < -0.39 is 47.6 Å². The molecule has 0 radical (unpaired) electrons. The fourth-order valence-corrected chi connectivity index (χ4v) is 16.0. The van der Waals surface area contributed by atoms with Crippen LogP contribution in [0.4, 0.5) is 0 Å². The van der Waals surface area contributed by atoms with Gasteiger partial charge in [-0.1, -0.05) is 151 Å². The summed E-state index contributed by atoms with van der Waals surface area (Å²) in [6, 6.07) is 23.8. The quantitative estimate of drug-likeness (QED) is 0.0175. The van der Waals surface area contributed by atoms with Crippen LogP contribution in [0.25, 0.3) is 0 Å². The maximum Gasteiger partial charge on any atom is 0.469 e. The molecule has 5 aliphatic heterocycles. The Bertz CT molecular complexity index is 2970. The van der Waals surface area contributed by atoms with E-state index in [1.165, 1.54) is 73.2 Å². The predicted molar refractivity (Wildman–Crippen MR) is 485 cm³/mol. The van der Waals surface area contributed by atoms with Crippen LogP contribution in [0.1, 0.15) is 142 Å². The number of aryl methyl sites for hydroxylation is 3. The van der Waals surface area contributed by atoms with E-state index in [0.29, 0.717) is 197 Å². The molecule has 0 bridgehead atoms. The number of likely N-dealkylation sites (N-methyl/N-ethyl adjacent to an activating group) is 1. The highest BCUT2D eigenvalue weighted by Crippen LogP contribution is 2.55. The predicted octanol–water partition coefficient (Wildman–Crippen LogP) is 8.53. The van der Waals surface area contributed by atoms with Crippen molar-refractivity contribution in [1.29, 1.82) is 0 Å². The Labute approximate surface area is 746 Å². The number of hydrogen-bond donors (Lipinski definition) is 6. The first-order chi connectivity index (χ1) is 59.6. The van der Waals surface area contributed by atoms with Gasteiger partial charge >= 0.3 is 23.2 Å². The molecule has 6 atom stereocenters. The third-order valence-corrected chi connectivity index (χ3v) is 25.2. The first-order valence-electron chi connectivity index (χ1n) is 44.9. The molecule has 0 aliphatic carbocycles. The van der Waals surface area contributed by atoms with Crippen LogP contribution in [0.2, 0.25) is 0 Å². The molecule has 2 unspecified atom stereocenters. The summed E-state index contributed by atoms with van der Waals surface area (Å²) in [5, 5.41) is 27.9. The summed E-state index contributed by atoms with van der Waals surface area (Å²) in [6.07, 6.45) is 5.44. The third kappa shape index (κ3) is 62.9. The monoisotopic (exact) mass is 1840 g/mol. The highest BCUT2D eigenvalue weighted by Gasteiger charge is 2.41. The van der Waals surface area contributed by atoms with E-state index in [1.54, 1.807) is 32.9 Å². The van der Waals surface area contributed by atoms with E-state index in [9.17, 15) is 28.7 Å². The number of aliphatic hydroxyl groups is 2. The molecule has 5 fully saturated rings. The van der Waals surface area contributed by atoms with Gasteiger partial charge in [-0.05, 0) is 103 Å². The molecule has 0 spiro atoms. The van der Waals surface area contributed by atoms with Crippen LogP contribution in [0.15, 0.2) is 72.8 Å². The number of nitrogens with zero attached hydrogens (tertiary/aromatic N) is 5. The van der Waals surface area contributed by atoms with Crippen LogP contribution in [-0.4, -0.2) is 352 Å². The van der Waals surface area contributed by atoms with E-state index >= 15 is 0 Å². The van der Waals surface area contributed by atoms with Crippen molar-refractivity contribution >= 4 is 29.2 Å². The van der Waals surface area contributed by atoms with Crippen LogP contribution < -0.4 is 16.6 Å². The number of benzene rings is 3. The topological polar surface area (TPSA) is 397 Å². The molecule has 3 aromatic carbocycles. The van der Waals surface area contributed by atoms with E-state index in [-0.39, 0.29) is 25.2 Å². The normalized spacial score (nSPS) is 18.2. The van der Waals surface area contributed by atoms with Gasteiger partial charge in [0.1, 0.15) is 12.1 Å². The molecule has 5 aliphatic rings. The summed E-state index contributed by atoms with van der Waals surface area (Å²) in [5.74, 6) is -1.01. The number of aliphatic hydroxyl groups excluding tert-OH is 2. The van der Waals surface area contributed by atoms with E-state index in [2.05, 4.69) is 132 Å². The van der Waals surface area contributed by atoms with Crippen LogP contribution in [0.5, 0.6) is 0 Å². The summed E-state index contributed by atoms with van der Waals surface area (Å²) in [4.78, 5) is 29.0. The molecule has 5 heterocycles. The van der Waals surface area contributed by atoms with Gasteiger partial charge in [0.2, 0.25) is 0 Å². The minimum Gasteiger partial charge on any atom is -0.544 e. The largest absolute Gasteiger partial charge is 0.544 e. The molecule has 0 aromatic heterocycles. The number of carboxylic acid groups (broad SMARTS) is 1. The zero-order chi connectivity index (χ0) is 93.0. The Morgan fingerprint density at radius 3 is 1.05 bits per heavy atom. The molecular formula is C88H172N7O26P3+2. The van der Waals surface area contributed by atoms with Gasteiger partial charge in [0, 0.05) is 86.0 Å². The first kappa shape index (κ1) is 123.